The van der Waals surface area contributed by atoms with E-state index in [1.807, 2.05) is 29.6 Å². The fourth-order valence-electron chi connectivity index (χ4n) is 2.68. The largest absolute Gasteiger partial charge is 0.467 e. The Hall–Kier alpha value is -3.24. The van der Waals surface area contributed by atoms with E-state index < -0.39 is 0 Å². The lowest BCUT2D eigenvalue weighted by Gasteiger charge is -2.09. The van der Waals surface area contributed by atoms with Crippen LogP contribution in [0.3, 0.4) is 0 Å². The second kappa shape index (κ2) is 9.06. The Morgan fingerprint density at radius 1 is 0.967 bits per heavy atom. The minimum atomic E-state index is 0.0912. The number of nitrogens with one attached hydrogen (secondary N) is 1. The Bertz CT molecular complexity index is 1130. The Labute approximate surface area is 181 Å². The van der Waals surface area contributed by atoms with Crippen molar-refractivity contribution in [3.8, 4) is 23.8 Å². The van der Waals surface area contributed by atoms with Crippen molar-refractivity contribution in [1.29, 1.82) is 0 Å². The monoisotopic (exact) mass is 444 g/mol. The second-order valence-corrected chi connectivity index (χ2v) is 7.27. The molecular weight excluding hydrogens is 428 g/mol. The highest BCUT2D eigenvalue weighted by Crippen LogP contribution is 2.32. The molecule has 0 aliphatic carbocycles. The van der Waals surface area contributed by atoms with Crippen molar-refractivity contribution in [2.24, 2.45) is 0 Å². The third kappa shape index (κ3) is 4.50. The first-order chi connectivity index (χ1) is 14.7. The number of ether oxygens (including phenoxy) is 3. The van der Waals surface area contributed by atoms with Crippen LogP contribution in [-0.2, 0) is 6.42 Å². The number of methoxy groups -OCH3 is 2. The number of anilines is 1. The van der Waals surface area contributed by atoms with Gasteiger partial charge in [-0.3, -0.25) is 0 Å². The molecule has 9 nitrogen and oxygen atoms in total. The zero-order valence-electron chi connectivity index (χ0n) is 16.1. The van der Waals surface area contributed by atoms with Crippen LogP contribution in [0.5, 0.6) is 23.8 Å². The number of benzene rings is 1. The van der Waals surface area contributed by atoms with Gasteiger partial charge in [-0.1, -0.05) is 23.7 Å². The molecule has 0 unspecified atom stereocenters. The molecule has 4 aromatic rings. The van der Waals surface area contributed by atoms with Gasteiger partial charge in [0.05, 0.1) is 24.6 Å². The van der Waals surface area contributed by atoms with Gasteiger partial charge in [-0.2, -0.15) is 0 Å². The van der Waals surface area contributed by atoms with Crippen molar-refractivity contribution >= 4 is 39.0 Å². The topological polar surface area (TPSA) is 104 Å². The number of thiophene rings is 1. The van der Waals surface area contributed by atoms with Crippen molar-refractivity contribution in [2.75, 3.05) is 26.1 Å². The van der Waals surface area contributed by atoms with E-state index in [0.29, 0.717) is 17.3 Å². The molecule has 0 saturated heterocycles. The number of hydrogen-bond donors (Lipinski definition) is 1. The fourth-order valence-corrected chi connectivity index (χ4v) is 3.81. The van der Waals surface area contributed by atoms with Gasteiger partial charge in [-0.25, -0.2) is 9.97 Å². The van der Waals surface area contributed by atoms with Crippen LogP contribution in [0.2, 0.25) is 5.02 Å². The van der Waals surface area contributed by atoms with E-state index in [9.17, 15) is 0 Å². The molecule has 1 aromatic carbocycles. The maximum Gasteiger partial charge on any atom is 0.331 e. The molecule has 0 aliphatic heterocycles. The van der Waals surface area contributed by atoms with Crippen LogP contribution < -0.4 is 19.5 Å². The Kier molecular flexibility index (Phi) is 6.05. The molecule has 0 atom stereocenters. The minimum absolute atomic E-state index is 0.0912. The first kappa shape index (κ1) is 20.0. The quantitative estimate of drug-likeness (QED) is 0.431. The summed E-state index contributed by atoms with van der Waals surface area (Å²) in [5.41, 5.74) is 1.13. The molecule has 3 heterocycles. The molecule has 0 spiro atoms. The summed E-state index contributed by atoms with van der Waals surface area (Å²) >= 11 is 7.74. The summed E-state index contributed by atoms with van der Waals surface area (Å²) in [6.07, 6.45) is 2.33. The van der Waals surface area contributed by atoms with Crippen LogP contribution in [0.4, 0.5) is 5.82 Å². The number of nitrogens with zero attached hydrogens (tertiary/aromatic N) is 5. The Morgan fingerprint density at radius 2 is 1.67 bits per heavy atom. The first-order valence-corrected chi connectivity index (χ1v) is 10.1. The average Bonchev–Trinajstić information content (AvgIpc) is 3.16. The summed E-state index contributed by atoms with van der Waals surface area (Å²) in [4.78, 5) is 21.4. The molecule has 3 aromatic heterocycles. The van der Waals surface area contributed by atoms with E-state index in [2.05, 4.69) is 30.2 Å². The Morgan fingerprint density at radius 3 is 2.37 bits per heavy atom. The maximum absolute atomic E-state index is 6.24. The molecule has 0 bridgehead atoms. The maximum atomic E-state index is 6.24. The van der Waals surface area contributed by atoms with Gasteiger partial charge >= 0.3 is 18.0 Å². The van der Waals surface area contributed by atoms with E-state index in [1.165, 1.54) is 31.9 Å². The molecule has 0 saturated carbocycles. The number of hydrogen-bond acceptors (Lipinski definition) is 10. The smallest absolute Gasteiger partial charge is 0.331 e. The molecule has 30 heavy (non-hydrogen) atoms. The molecule has 0 amide bonds. The van der Waals surface area contributed by atoms with E-state index in [1.54, 1.807) is 0 Å². The lowest BCUT2D eigenvalue weighted by atomic mass is 10.1. The number of aromatic nitrogens is 5. The van der Waals surface area contributed by atoms with E-state index in [4.69, 9.17) is 25.8 Å². The molecule has 0 aliphatic rings. The zero-order valence-corrected chi connectivity index (χ0v) is 17.7. The van der Waals surface area contributed by atoms with Gasteiger partial charge in [0, 0.05) is 11.9 Å². The molecule has 4 rings (SSSR count). The van der Waals surface area contributed by atoms with Crippen LogP contribution in [0.15, 0.2) is 36.0 Å². The third-order valence-corrected chi connectivity index (χ3v) is 5.42. The van der Waals surface area contributed by atoms with Crippen molar-refractivity contribution in [3.05, 3.63) is 46.6 Å². The summed E-state index contributed by atoms with van der Waals surface area (Å²) in [5, 5.41) is 6.71. The second-order valence-electron chi connectivity index (χ2n) is 6.00. The van der Waals surface area contributed by atoms with Crippen molar-refractivity contribution < 1.29 is 14.2 Å². The normalized spacial score (nSPS) is 10.8. The van der Waals surface area contributed by atoms with Crippen LogP contribution >= 0.6 is 22.9 Å². The molecule has 0 fully saturated rings. The van der Waals surface area contributed by atoms with Gasteiger partial charge in [0.15, 0.2) is 0 Å². The van der Waals surface area contributed by atoms with Gasteiger partial charge in [-0.15, -0.1) is 26.3 Å². The van der Waals surface area contributed by atoms with E-state index >= 15 is 0 Å². The lowest BCUT2D eigenvalue weighted by molar-refractivity contribution is 0.320. The number of fused-ring (bicyclic) bond motifs is 1. The molecule has 1 N–H and O–H groups in total. The number of rotatable bonds is 8. The van der Waals surface area contributed by atoms with Crippen LogP contribution in [-0.4, -0.2) is 45.7 Å². The van der Waals surface area contributed by atoms with Gasteiger partial charge < -0.3 is 19.5 Å². The summed E-state index contributed by atoms with van der Waals surface area (Å²) < 4.78 is 15.7. The highest BCUT2D eigenvalue weighted by molar-refractivity contribution is 7.17. The van der Waals surface area contributed by atoms with Crippen molar-refractivity contribution in [1.82, 2.24) is 24.9 Å². The predicted octanol–water partition coefficient (Wildman–Crippen LogP) is 3.99. The molecule has 154 valence electrons. The Balaban J connectivity index is 1.38. The van der Waals surface area contributed by atoms with Gasteiger partial charge in [-0.05, 0) is 24.1 Å². The van der Waals surface area contributed by atoms with Crippen LogP contribution in [0, 0.1) is 0 Å². The van der Waals surface area contributed by atoms with Crippen LogP contribution in [0.1, 0.15) is 5.56 Å². The summed E-state index contributed by atoms with van der Waals surface area (Å²) in [5.74, 6) is 1.33. The van der Waals surface area contributed by atoms with Crippen LogP contribution in [0.25, 0.3) is 10.2 Å². The standard InChI is InChI=1S/C19H17ClN6O3S/c1-27-17-24-18(28-2)26-19(25-17)29-12-5-3-11(4-6-12)7-8-21-15-14-13(20)9-30-16(14)23-10-22-15/h3-6,9-10H,7-8H2,1-2H3,(H,21,22,23). The first-order valence-electron chi connectivity index (χ1n) is 8.88. The molecular formula is C19H17ClN6O3S. The van der Waals surface area contributed by atoms with E-state index in [0.717, 1.165) is 28.0 Å². The predicted molar refractivity (Wildman–Crippen MR) is 114 cm³/mol. The summed E-state index contributed by atoms with van der Waals surface area (Å²) in [6, 6.07) is 7.95. The van der Waals surface area contributed by atoms with E-state index in [-0.39, 0.29) is 18.0 Å². The highest BCUT2D eigenvalue weighted by Gasteiger charge is 2.11. The third-order valence-electron chi connectivity index (χ3n) is 4.10. The number of halogens is 1. The minimum Gasteiger partial charge on any atom is -0.467 e. The SMILES string of the molecule is COc1nc(OC)nc(Oc2ccc(CCNc3ncnc4scc(Cl)c34)cc2)n1. The molecule has 11 heteroatoms. The highest BCUT2D eigenvalue weighted by atomic mass is 35.5. The van der Waals surface area contributed by atoms with Gasteiger partial charge in [0.25, 0.3) is 0 Å². The van der Waals surface area contributed by atoms with Gasteiger partial charge in [0.1, 0.15) is 22.7 Å². The average molecular weight is 445 g/mol. The van der Waals surface area contributed by atoms with Crippen molar-refractivity contribution in [2.45, 2.75) is 6.42 Å². The van der Waals surface area contributed by atoms with Crippen molar-refractivity contribution in [3.63, 3.8) is 0 Å². The summed E-state index contributed by atoms with van der Waals surface area (Å²) in [7, 11) is 2.92. The summed E-state index contributed by atoms with van der Waals surface area (Å²) in [6.45, 7) is 0.695. The van der Waals surface area contributed by atoms with Gasteiger partial charge in [0.2, 0.25) is 0 Å². The zero-order chi connectivity index (χ0) is 20.9. The lowest BCUT2D eigenvalue weighted by Crippen LogP contribution is -2.06. The fraction of sp³-hybridized carbons (Fsp3) is 0.211. The molecule has 0 radical (unpaired) electrons.